The van der Waals surface area contributed by atoms with Crippen LogP contribution in [0.1, 0.15) is 19.8 Å². The second-order valence-corrected chi connectivity index (χ2v) is 6.36. The Morgan fingerprint density at radius 3 is 2.86 bits per heavy atom. The van der Waals surface area contributed by atoms with E-state index in [0.29, 0.717) is 25.2 Å². The third kappa shape index (κ3) is 4.69. The first-order chi connectivity index (χ1) is 9.99. The smallest absolute Gasteiger partial charge is 0.220 e. The molecule has 0 radical (unpaired) electrons. The van der Waals surface area contributed by atoms with Crippen molar-refractivity contribution < 1.29 is 19.0 Å². The van der Waals surface area contributed by atoms with Gasteiger partial charge in [-0.2, -0.15) is 0 Å². The Hall–Kier alpha value is -1.11. The van der Waals surface area contributed by atoms with E-state index in [9.17, 15) is 14.3 Å². The molecule has 1 amide bonds. The Balaban J connectivity index is 1.67. The van der Waals surface area contributed by atoms with Gasteiger partial charge >= 0.3 is 0 Å². The SMILES string of the molecule is CC1OCCC1(O)CNC(=O)CCSc1ccc(F)cc1. The summed E-state index contributed by atoms with van der Waals surface area (Å²) in [5, 5.41) is 13.0. The van der Waals surface area contributed by atoms with Crippen LogP contribution < -0.4 is 5.32 Å². The molecule has 0 saturated carbocycles. The van der Waals surface area contributed by atoms with Gasteiger partial charge in [0.25, 0.3) is 0 Å². The fourth-order valence-corrected chi connectivity index (χ4v) is 2.99. The molecule has 116 valence electrons. The van der Waals surface area contributed by atoms with Crippen molar-refractivity contribution in [3.63, 3.8) is 0 Å². The Morgan fingerprint density at radius 2 is 2.24 bits per heavy atom. The van der Waals surface area contributed by atoms with Crippen LogP contribution in [0.5, 0.6) is 0 Å². The van der Waals surface area contributed by atoms with Gasteiger partial charge in [-0.25, -0.2) is 4.39 Å². The van der Waals surface area contributed by atoms with Crippen molar-refractivity contribution in [2.24, 2.45) is 0 Å². The molecule has 2 unspecified atom stereocenters. The fourth-order valence-electron chi connectivity index (χ4n) is 2.14. The van der Waals surface area contributed by atoms with Crippen LogP contribution in [0.15, 0.2) is 29.2 Å². The van der Waals surface area contributed by atoms with Gasteiger partial charge in [0.2, 0.25) is 5.91 Å². The summed E-state index contributed by atoms with van der Waals surface area (Å²) in [6, 6.07) is 6.19. The molecule has 2 rings (SSSR count). The predicted octanol–water partition coefficient (Wildman–Crippen LogP) is 1.96. The molecule has 0 aliphatic carbocycles. The van der Waals surface area contributed by atoms with Crippen LogP contribution in [-0.2, 0) is 9.53 Å². The summed E-state index contributed by atoms with van der Waals surface area (Å²) in [6.07, 6.45) is 0.637. The van der Waals surface area contributed by atoms with Crippen molar-refractivity contribution in [2.75, 3.05) is 18.9 Å². The molecule has 2 atom stereocenters. The van der Waals surface area contributed by atoms with Gasteiger partial charge in [-0.3, -0.25) is 4.79 Å². The maximum Gasteiger partial charge on any atom is 0.220 e. The maximum atomic E-state index is 12.7. The number of halogens is 1. The lowest BCUT2D eigenvalue weighted by Gasteiger charge is -2.26. The minimum Gasteiger partial charge on any atom is -0.385 e. The van der Waals surface area contributed by atoms with Crippen molar-refractivity contribution in [1.29, 1.82) is 0 Å². The Labute approximate surface area is 128 Å². The first-order valence-electron chi connectivity index (χ1n) is 6.99. The highest BCUT2D eigenvalue weighted by Crippen LogP contribution is 2.24. The third-order valence-electron chi connectivity index (χ3n) is 3.66. The standard InChI is InChI=1S/C15H20FNO3S/c1-11-15(19,7-8-20-11)10-17-14(18)6-9-21-13-4-2-12(16)3-5-13/h2-5,11,19H,6-10H2,1H3,(H,17,18). The summed E-state index contributed by atoms with van der Waals surface area (Å²) in [5.74, 6) is 0.248. The van der Waals surface area contributed by atoms with E-state index in [1.54, 1.807) is 12.1 Å². The average molecular weight is 313 g/mol. The van der Waals surface area contributed by atoms with Gasteiger partial charge in [-0.05, 0) is 31.2 Å². The molecular weight excluding hydrogens is 293 g/mol. The molecule has 1 heterocycles. The second-order valence-electron chi connectivity index (χ2n) is 5.20. The lowest BCUT2D eigenvalue weighted by Crippen LogP contribution is -2.47. The van der Waals surface area contributed by atoms with E-state index in [-0.39, 0.29) is 24.4 Å². The summed E-state index contributed by atoms with van der Waals surface area (Å²) < 4.78 is 18.1. The van der Waals surface area contributed by atoms with Crippen LogP contribution >= 0.6 is 11.8 Å². The van der Waals surface area contributed by atoms with Crippen molar-refractivity contribution in [3.05, 3.63) is 30.1 Å². The number of amides is 1. The summed E-state index contributed by atoms with van der Waals surface area (Å²) in [6.45, 7) is 2.55. The van der Waals surface area contributed by atoms with E-state index in [1.165, 1.54) is 23.9 Å². The van der Waals surface area contributed by atoms with Gasteiger partial charge < -0.3 is 15.2 Å². The zero-order chi connectivity index (χ0) is 15.3. The van der Waals surface area contributed by atoms with Crippen LogP contribution in [0.3, 0.4) is 0 Å². The van der Waals surface area contributed by atoms with Crippen LogP contribution in [-0.4, -0.2) is 41.6 Å². The lowest BCUT2D eigenvalue weighted by atomic mass is 9.97. The molecule has 21 heavy (non-hydrogen) atoms. The second kappa shape index (κ2) is 7.24. The molecule has 1 saturated heterocycles. The van der Waals surface area contributed by atoms with Gasteiger partial charge in [0.05, 0.1) is 6.10 Å². The van der Waals surface area contributed by atoms with Crippen molar-refractivity contribution in [1.82, 2.24) is 5.32 Å². The molecule has 1 aromatic rings. The van der Waals surface area contributed by atoms with Gasteiger partial charge in [-0.15, -0.1) is 11.8 Å². The highest BCUT2D eigenvalue weighted by molar-refractivity contribution is 7.99. The monoisotopic (exact) mass is 313 g/mol. The molecule has 0 bridgehead atoms. The predicted molar refractivity (Wildman–Crippen MR) is 79.7 cm³/mol. The van der Waals surface area contributed by atoms with Crippen LogP contribution in [0.2, 0.25) is 0 Å². The number of benzene rings is 1. The molecule has 1 aliphatic rings. The van der Waals surface area contributed by atoms with Crippen LogP contribution in [0, 0.1) is 5.82 Å². The molecular formula is C15H20FNO3S. The van der Waals surface area contributed by atoms with Crippen molar-refractivity contribution in [2.45, 2.75) is 36.4 Å². The van der Waals surface area contributed by atoms with E-state index in [1.807, 2.05) is 6.92 Å². The number of carbonyl (C=O) groups is 1. The number of carbonyl (C=O) groups excluding carboxylic acids is 1. The summed E-state index contributed by atoms with van der Waals surface area (Å²) in [5.41, 5.74) is -0.959. The van der Waals surface area contributed by atoms with E-state index in [4.69, 9.17) is 4.74 Å². The topological polar surface area (TPSA) is 58.6 Å². The van der Waals surface area contributed by atoms with Gasteiger partial charge in [0.1, 0.15) is 11.4 Å². The average Bonchev–Trinajstić information content (AvgIpc) is 2.79. The third-order valence-corrected chi connectivity index (χ3v) is 4.68. The first kappa shape index (κ1) is 16.3. The molecule has 1 aliphatic heterocycles. The molecule has 0 spiro atoms. The van der Waals surface area contributed by atoms with Gasteiger partial charge in [0, 0.05) is 36.6 Å². The maximum absolute atomic E-state index is 12.7. The number of hydrogen-bond donors (Lipinski definition) is 2. The zero-order valence-electron chi connectivity index (χ0n) is 12.0. The normalized spacial score (nSPS) is 25.0. The number of thioether (sulfide) groups is 1. The Kier molecular flexibility index (Phi) is 5.61. The summed E-state index contributed by atoms with van der Waals surface area (Å²) in [4.78, 5) is 12.7. The molecule has 2 N–H and O–H groups in total. The quantitative estimate of drug-likeness (QED) is 0.788. The molecule has 1 aromatic carbocycles. The number of ether oxygens (including phenoxy) is 1. The molecule has 1 fully saturated rings. The highest BCUT2D eigenvalue weighted by Gasteiger charge is 2.39. The lowest BCUT2D eigenvalue weighted by molar-refractivity contribution is -0.122. The molecule has 6 heteroatoms. The Morgan fingerprint density at radius 1 is 1.52 bits per heavy atom. The summed E-state index contributed by atoms with van der Waals surface area (Å²) >= 11 is 1.50. The van der Waals surface area contributed by atoms with E-state index in [0.717, 1.165) is 4.90 Å². The molecule has 0 aromatic heterocycles. The largest absolute Gasteiger partial charge is 0.385 e. The number of nitrogens with one attached hydrogen (secondary N) is 1. The fraction of sp³-hybridized carbons (Fsp3) is 0.533. The van der Waals surface area contributed by atoms with E-state index >= 15 is 0 Å². The number of aliphatic hydroxyl groups is 1. The first-order valence-corrected chi connectivity index (χ1v) is 7.97. The van der Waals surface area contributed by atoms with Gasteiger partial charge in [-0.1, -0.05) is 0 Å². The minimum atomic E-state index is -0.959. The van der Waals surface area contributed by atoms with Crippen LogP contribution in [0.4, 0.5) is 4.39 Å². The number of hydrogen-bond acceptors (Lipinski definition) is 4. The molecule has 4 nitrogen and oxygen atoms in total. The van der Waals surface area contributed by atoms with E-state index in [2.05, 4.69) is 5.32 Å². The summed E-state index contributed by atoms with van der Waals surface area (Å²) in [7, 11) is 0. The van der Waals surface area contributed by atoms with Gasteiger partial charge in [0.15, 0.2) is 0 Å². The zero-order valence-corrected chi connectivity index (χ0v) is 12.8. The van der Waals surface area contributed by atoms with E-state index < -0.39 is 5.60 Å². The van der Waals surface area contributed by atoms with Crippen LogP contribution in [0.25, 0.3) is 0 Å². The van der Waals surface area contributed by atoms with Crippen molar-refractivity contribution >= 4 is 17.7 Å². The minimum absolute atomic E-state index is 0.0999. The van der Waals surface area contributed by atoms with Crippen molar-refractivity contribution in [3.8, 4) is 0 Å². The Bertz CT molecular complexity index is 482. The number of rotatable bonds is 6. The highest BCUT2D eigenvalue weighted by atomic mass is 32.2.